The molecule has 0 unspecified atom stereocenters. The maximum Gasteiger partial charge on any atom is 0.410 e. The lowest BCUT2D eigenvalue weighted by molar-refractivity contribution is -0.145. The lowest BCUT2D eigenvalue weighted by atomic mass is 9.96. The van der Waals surface area contributed by atoms with Gasteiger partial charge in [0, 0.05) is 13.1 Å². The maximum atomic E-state index is 12.3. The monoisotopic (exact) mass is 427 g/mol. The molecule has 0 saturated heterocycles. The molecule has 0 heterocycles. The molecule has 6 heteroatoms. The SMILES string of the molecule is CCCCCCN(CCC(=O)OCC(CCCCC)CCCCC)C(=O)OCC=O. The van der Waals surface area contributed by atoms with Crippen molar-refractivity contribution in [1.82, 2.24) is 4.90 Å². The van der Waals surface area contributed by atoms with Crippen LogP contribution in [0.15, 0.2) is 0 Å². The molecular weight excluding hydrogens is 382 g/mol. The Hall–Kier alpha value is -1.59. The Morgan fingerprint density at radius 1 is 0.800 bits per heavy atom. The molecule has 0 aromatic heterocycles. The largest absolute Gasteiger partial charge is 0.465 e. The average molecular weight is 428 g/mol. The minimum Gasteiger partial charge on any atom is -0.465 e. The molecule has 0 atom stereocenters. The van der Waals surface area contributed by atoms with Crippen molar-refractivity contribution in [3.63, 3.8) is 0 Å². The van der Waals surface area contributed by atoms with Gasteiger partial charge in [0.1, 0.15) is 6.61 Å². The molecule has 0 aliphatic rings. The molecule has 176 valence electrons. The number of aldehydes is 1. The zero-order valence-corrected chi connectivity index (χ0v) is 19.7. The molecule has 0 bridgehead atoms. The Kier molecular flexibility index (Phi) is 19.6. The van der Waals surface area contributed by atoms with Gasteiger partial charge in [-0.3, -0.25) is 9.59 Å². The predicted octanol–water partition coefficient (Wildman–Crippen LogP) is 5.91. The number of nitrogens with zero attached hydrogens (tertiary/aromatic N) is 1. The second kappa shape index (κ2) is 20.7. The normalized spacial score (nSPS) is 10.8. The third-order valence-corrected chi connectivity index (χ3v) is 5.31. The van der Waals surface area contributed by atoms with Crippen molar-refractivity contribution in [2.75, 3.05) is 26.3 Å². The number of ether oxygens (including phenoxy) is 2. The van der Waals surface area contributed by atoms with Crippen LogP contribution < -0.4 is 0 Å². The molecule has 30 heavy (non-hydrogen) atoms. The van der Waals surface area contributed by atoms with Crippen LogP contribution in [0, 0.1) is 5.92 Å². The number of esters is 1. The van der Waals surface area contributed by atoms with Crippen LogP contribution in [0.4, 0.5) is 4.79 Å². The third-order valence-electron chi connectivity index (χ3n) is 5.31. The first-order valence-electron chi connectivity index (χ1n) is 12.1. The number of carbonyl (C=O) groups is 3. The van der Waals surface area contributed by atoms with Crippen LogP contribution in [-0.4, -0.2) is 49.6 Å². The van der Waals surface area contributed by atoms with E-state index in [4.69, 9.17) is 9.47 Å². The smallest absolute Gasteiger partial charge is 0.410 e. The first kappa shape index (κ1) is 28.4. The molecule has 0 aliphatic heterocycles. The average Bonchev–Trinajstić information content (AvgIpc) is 2.75. The lowest BCUT2D eigenvalue weighted by Crippen LogP contribution is -2.35. The van der Waals surface area contributed by atoms with Crippen LogP contribution in [0.25, 0.3) is 0 Å². The van der Waals surface area contributed by atoms with Crippen molar-refractivity contribution in [3.05, 3.63) is 0 Å². The lowest BCUT2D eigenvalue weighted by Gasteiger charge is -2.22. The van der Waals surface area contributed by atoms with E-state index >= 15 is 0 Å². The van der Waals surface area contributed by atoms with E-state index in [1.807, 2.05) is 0 Å². The molecule has 0 fully saturated rings. The fourth-order valence-electron chi connectivity index (χ4n) is 3.41. The highest BCUT2D eigenvalue weighted by Gasteiger charge is 2.18. The van der Waals surface area contributed by atoms with Gasteiger partial charge in [-0.25, -0.2) is 4.79 Å². The molecule has 0 rings (SSSR count). The van der Waals surface area contributed by atoms with Gasteiger partial charge in [-0.05, 0) is 25.2 Å². The van der Waals surface area contributed by atoms with Gasteiger partial charge >= 0.3 is 12.1 Å². The Labute approximate surface area is 184 Å². The molecule has 0 saturated carbocycles. The Morgan fingerprint density at radius 3 is 1.97 bits per heavy atom. The molecule has 0 spiro atoms. The van der Waals surface area contributed by atoms with Gasteiger partial charge in [0.15, 0.2) is 6.29 Å². The number of carbonyl (C=O) groups excluding carboxylic acids is 3. The molecule has 0 aromatic carbocycles. The van der Waals surface area contributed by atoms with E-state index in [0.717, 1.165) is 38.5 Å². The molecule has 0 aromatic rings. The first-order chi connectivity index (χ1) is 14.6. The fraction of sp³-hybridized carbons (Fsp3) is 0.875. The summed E-state index contributed by atoms with van der Waals surface area (Å²) in [5, 5.41) is 0. The molecule has 1 amide bonds. The van der Waals surface area contributed by atoms with Crippen molar-refractivity contribution < 1.29 is 23.9 Å². The predicted molar refractivity (Wildman–Crippen MR) is 120 cm³/mol. The zero-order chi connectivity index (χ0) is 22.5. The minimum absolute atomic E-state index is 0.153. The van der Waals surface area contributed by atoms with E-state index < -0.39 is 6.09 Å². The van der Waals surface area contributed by atoms with E-state index in [0.29, 0.717) is 25.4 Å². The van der Waals surface area contributed by atoms with E-state index in [1.165, 1.54) is 43.4 Å². The Morgan fingerprint density at radius 2 is 1.40 bits per heavy atom. The fourth-order valence-corrected chi connectivity index (χ4v) is 3.41. The number of hydrogen-bond acceptors (Lipinski definition) is 5. The number of rotatable bonds is 20. The van der Waals surface area contributed by atoms with Gasteiger partial charge in [0.05, 0.1) is 13.0 Å². The molecular formula is C24H45NO5. The van der Waals surface area contributed by atoms with Gasteiger partial charge in [-0.15, -0.1) is 0 Å². The van der Waals surface area contributed by atoms with Crippen LogP contribution in [0.2, 0.25) is 0 Å². The highest BCUT2D eigenvalue weighted by molar-refractivity contribution is 5.72. The van der Waals surface area contributed by atoms with Gasteiger partial charge in [0.2, 0.25) is 0 Å². The molecule has 0 radical (unpaired) electrons. The summed E-state index contributed by atoms with van der Waals surface area (Å²) in [6.45, 7) is 7.52. The number of amides is 1. The van der Waals surface area contributed by atoms with Crippen molar-refractivity contribution in [1.29, 1.82) is 0 Å². The Bertz CT molecular complexity index is 431. The van der Waals surface area contributed by atoms with Crippen molar-refractivity contribution in [2.24, 2.45) is 5.92 Å². The second-order valence-corrected chi connectivity index (χ2v) is 8.08. The standard InChI is InChI=1S/C24H45NO5/c1-4-7-10-13-17-25(24(28)29-20-19-26)18-16-23(27)30-21-22(14-11-8-5-2)15-12-9-6-3/h19,22H,4-18,20-21H2,1-3H3. The van der Waals surface area contributed by atoms with E-state index in [9.17, 15) is 14.4 Å². The van der Waals surface area contributed by atoms with Crippen molar-refractivity contribution >= 4 is 18.3 Å². The zero-order valence-electron chi connectivity index (χ0n) is 19.7. The summed E-state index contributed by atoms with van der Waals surface area (Å²) < 4.78 is 10.5. The topological polar surface area (TPSA) is 72.9 Å². The van der Waals surface area contributed by atoms with Gasteiger partial charge < -0.3 is 14.4 Å². The summed E-state index contributed by atoms with van der Waals surface area (Å²) in [4.78, 5) is 36.4. The number of unbranched alkanes of at least 4 members (excludes halogenated alkanes) is 7. The van der Waals surface area contributed by atoms with Crippen LogP contribution in [0.3, 0.4) is 0 Å². The highest BCUT2D eigenvalue weighted by Crippen LogP contribution is 2.18. The van der Waals surface area contributed by atoms with Gasteiger partial charge in [-0.1, -0.05) is 78.6 Å². The molecule has 6 nitrogen and oxygen atoms in total. The minimum atomic E-state index is -0.539. The third kappa shape index (κ3) is 16.2. The van der Waals surface area contributed by atoms with Gasteiger partial charge in [-0.2, -0.15) is 0 Å². The van der Waals surface area contributed by atoms with E-state index in [1.54, 1.807) is 0 Å². The summed E-state index contributed by atoms with van der Waals surface area (Å²) in [6.07, 6.45) is 13.6. The molecule has 0 N–H and O–H groups in total. The molecule has 0 aliphatic carbocycles. The summed E-state index contributed by atoms with van der Waals surface area (Å²) in [7, 11) is 0. The van der Waals surface area contributed by atoms with Crippen LogP contribution in [0.5, 0.6) is 0 Å². The first-order valence-corrected chi connectivity index (χ1v) is 12.1. The van der Waals surface area contributed by atoms with Crippen LogP contribution in [0.1, 0.15) is 104 Å². The Balaban J connectivity index is 4.44. The van der Waals surface area contributed by atoms with Crippen LogP contribution in [-0.2, 0) is 19.1 Å². The van der Waals surface area contributed by atoms with Crippen molar-refractivity contribution in [2.45, 2.75) is 104 Å². The van der Waals surface area contributed by atoms with Crippen molar-refractivity contribution in [3.8, 4) is 0 Å². The summed E-state index contributed by atoms with van der Waals surface area (Å²) in [6, 6.07) is 0. The maximum absolute atomic E-state index is 12.3. The van der Waals surface area contributed by atoms with Crippen LogP contribution >= 0.6 is 0 Å². The summed E-state index contributed by atoms with van der Waals surface area (Å²) in [5.74, 6) is 0.155. The van der Waals surface area contributed by atoms with Gasteiger partial charge in [0.25, 0.3) is 0 Å². The highest BCUT2D eigenvalue weighted by atomic mass is 16.6. The van der Waals surface area contributed by atoms with E-state index in [2.05, 4.69) is 20.8 Å². The summed E-state index contributed by atoms with van der Waals surface area (Å²) in [5.41, 5.74) is 0. The summed E-state index contributed by atoms with van der Waals surface area (Å²) >= 11 is 0. The second-order valence-electron chi connectivity index (χ2n) is 8.08. The quantitative estimate of drug-likeness (QED) is 0.137. The number of hydrogen-bond donors (Lipinski definition) is 0. The van der Waals surface area contributed by atoms with E-state index in [-0.39, 0.29) is 25.5 Å².